The fourth-order valence-electron chi connectivity index (χ4n) is 2.76. The van der Waals surface area contributed by atoms with Crippen LogP contribution >= 0.6 is 0 Å². The Morgan fingerprint density at radius 1 is 1.20 bits per heavy atom. The SMILES string of the molecule is CC1=C(C=O)C(O)(O)C(C)(C)C(C)C1([N+](=O)[O-])[N+](=O)[O-]. The number of rotatable bonds is 3. The first kappa shape index (κ1) is 16.2. The molecule has 0 saturated carbocycles. The van der Waals surface area contributed by atoms with Crippen LogP contribution in [0.15, 0.2) is 11.1 Å². The van der Waals surface area contributed by atoms with Crippen LogP contribution in [0.2, 0.25) is 0 Å². The van der Waals surface area contributed by atoms with Gasteiger partial charge in [-0.25, -0.2) is 0 Å². The second kappa shape index (κ2) is 4.32. The molecule has 1 aliphatic carbocycles. The number of nitrogens with zero attached hydrogens (tertiary/aromatic N) is 2. The van der Waals surface area contributed by atoms with Crippen molar-refractivity contribution in [1.29, 1.82) is 0 Å². The first-order chi connectivity index (χ1) is 8.89. The van der Waals surface area contributed by atoms with Crippen molar-refractivity contribution in [3.05, 3.63) is 31.4 Å². The Morgan fingerprint density at radius 2 is 1.60 bits per heavy atom. The maximum Gasteiger partial charge on any atom is 0.484 e. The molecule has 9 nitrogen and oxygen atoms in total. The third kappa shape index (κ3) is 1.53. The van der Waals surface area contributed by atoms with Crippen molar-refractivity contribution in [1.82, 2.24) is 0 Å². The predicted molar refractivity (Wildman–Crippen MR) is 65.6 cm³/mol. The smallest absolute Gasteiger partial charge is 0.361 e. The van der Waals surface area contributed by atoms with Gasteiger partial charge in [0, 0.05) is 5.41 Å². The van der Waals surface area contributed by atoms with Gasteiger partial charge in [0.2, 0.25) is 0 Å². The summed E-state index contributed by atoms with van der Waals surface area (Å²) in [4.78, 5) is 31.6. The fraction of sp³-hybridized carbons (Fsp3) is 0.727. The molecule has 0 bridgehead atoms. The van der Waals surface area contributed by atoms with Gasteiger partial charge in [-0.05, 0) is 13.8 Å². The predicted octanol–water partition coefficient (Wildman–Crippen LogP) is 0.108. The van der Waals surface area contributed by atoms with E-state index in [-0.39, 0.29) is 6.29 Å². The summed E-state index contributed by atoms with van der Waals surface area (Å²) in [5.41, 5.74) is -5.76. The minimum atomic E-state index is -2.77. The van der Waals surface area contributed by atoms with E-state index in [1.807, 2.05) is 0 Å². The Kier molecular flexibility index (Phi) is 3.49. The normalized spacial score (nSPS) is 27.0. The van der Waals surface area contributed by atoms with E-state index < -0.39 is 43.8 Å². The monoisotopic (exact) mass is 288 g/mol. The molecule has 0 radical (unpaired) electrons. The van der Waals surface area contributed by atoms with Crippen LogP contribution < -0.4 is 0 Å². The topological polar surface area (TPSA) is 144 Å². The summed E-state index contributed by atoms with van der Waals surface area (Å²) in [6, 6.07) is 0. The highest BCUT2D eigenvalue weighted by Gasteiger charge is 2.75. The molecule has 0 heterocycles. The van der Waals surface area contributed by atoms with Gasteiger partial charge in [0.15, 0.2) is 12.1 Å². The number of carbonyl (C=O) groups excluding carboxylic acids is 1. The molecule has 20 heavy (non-hydrogen) atoms. The second-order valence-corrected chi connectivity index (χ2v) is 5.51. The highest BCUT2D eigenvalue weighted by molar-refractivity contribution is 5.78. The molecule has 0 amide bonds. The van der Waals surface area contributed by atoms with Crippen molar-refractivity contribution >= 4 is 6.29 Å². The zero-order valence-electron chi connectivity index (χ0n) is 11.5. The third-order valence-corrected chi connectivity index (χ3v) is 4.59. The Labute approximate surface area is 114 Å². The van der Waals surface area contributed by atoms with E-state index in [9.17, 15) is 35.2 Å². The molecular weight excluding hydrogens is 272 g/mol. The lowest BCUT2D eigenvalue weighted by atomic mass is 9.59. The molecule has 0 aliphatic heterocycles. The highest BCUT2D eigenvalue weighted by Crippen LogP contribution is 2.53. The summed E-state index contributed by atoms with van der Waals surface area (Å²) in [6.45, 7) is 4.66. The van der Waals surface area contributed by atoms with Crippen LogP contribution in [0.5, 0.6) is 0 Å². The molecule has 1 rings (SSSR count). The number of hydrogen-bond acceptors (Lipinski definition) is 7. The molecule has 9 heteroatoms. The number of aliphatic hydroxyl groups is 2. The maximum atomic E-state index is 11.3. The molecule has 0 aromatic rings. The van der Waals surface area contributed by atoms with Gasteiger partial charge in [-0.15, -0.1) is 0 Å². The Morgan fingerprint density at radius 3 is 1.90 bits per heavy atom. The molecule has 1 atom stereocenters. The quantitative estimate of drug-likeness (QED) is 0.324. The summed E-state index contributed by atoms with van der Waals surface area (Å²) in [5.74, 6) is -4.05. The Balaban J connectivity index is 3.93. The molecule has 0 aromatic carbocycles. The van der Waals surface area contributed by atoms with Crippen LogP contribution in [-0.4, -0.2) is 37.8 Å². The number of nitro groups is 2. The minimum Gasteiger partial charge on any atom is -0.361 e. The summed E-state index contributed by atoms with van der Waals surface area (Å²) >= 11 is 0. The van der Waals surface area contributed by atoms with Crippen LogP contribution in [0.25, 0.3) is 0 Å². The van der Waals surface area contributed by atoms with Gasteiger partial charge in [-0.2, -0.15) is 0 Å². The van der Waals surface area contributed by atoms with Gasteiger partial charge < -0.3 is 10.2 Å². The largest absolute Gasteiger partial charge is 0.484 e. The minimum absolute atomic E-state index is 0.0186. The van der Waals surface area contributed by atoms with Crippen LogP contribution in [0, 0.1) is 31.6 Å². The van der Waals surface area contributed by atoms with Gasteiger partial charge in [0.25, 0.3) is 0 Å². The summed E-state index contributed by atoms with van der Waals surface area (Å²) in [7, 11) is 0. The van der Waals surface area contributed by atoms with Crippen molar-refractivity contribution in [2.75, 3.05) is 0 Å². The van der Waals surface area contributed by atoms with Crippen molar-refractivity contribution < 1.29 is 24.9 Å². The lowest BCUT2D eigenvalue weighted by molar-refractivity contribution is -0.798. The van der Waals surface area contributed by atoms with Crippen LogP contribution in [0.1, 0.15) is 27.7 Å². The molecule has 1 aliphatic rings. The van der Waals surface area contributed by atoms with E-state index in [0.717, 1.165) is 6.92 Å². The van der Waals surface area contributed by atoms with E-state index in [1.54, 1.807) is 0 Å². The molecule has 112 valence electrons. The summed E-state index contributed by atoms with van der Waals surface area (Å²) < 4.78 is 0. The Bertz CT molecular complexity index is 507. The molecule has 2 N–H and O–H groups in total. The van der Waals surface area contributed by atoms with Crippen molar-refractivity contribution in [3.63, 3.8) is 0 Å². The third-order valence-electron chi connectivity index (χ3n) is 4.59. The molecular formula is C11H16N2O7. The first-order valence-corrected chi connectivity index (χ1v) is 5.80. The van der Waals surface area contributed by atoms with Crippen LogP contribution in [0.3, 0.4) is 0 Å². The average molecular weight is 288 g/mol. The van der Waals surface area contributed by atoms with Gasteiger partial charge in [-0.1, -0.05) is 13.8 Å². The molecule has 0 spiro atoms. The zero-order chi connectivity index (χ0) is 16.1. The Hall–Kier alpha value is -1.87. The molecule has 0 saturated heterocycles. The van der Waals surface area contributed by atoms with Crippen molar-refractivity contribution in [2.45, 2.75) is 39.1 Å². The molecule has 0 aromatic heterocycles. The standard InChI is InChI=1S/C11H16N2O7/c1-6-8(5-14)11(15,16)9(3,4)7(2)10(6,12(17)18)13(19)20/h5,7,15-16H,1-4H3. The summed E-state index contributed by atoms with van der Waals surface area (Å²) in [5, 5.41) is 42.9. The van der Waals surface area contributed by atoms with E-state index >= 15 is 0 Å². The van der Waals surface area contributed by atoms with E-state index in [0.29, 0.717) is 0 Å². The van der Waals surface area contributed by atoms with Gasteiger partial charge in [0.1, 0.15) is 15.8 Å². The zero-order valence-corrected chi connectivity index (χ0v) is 11.5. The van der Waals surface area contributed by atoms with E-state index in [4.69, 9.17) is 0 Å². The number of carbonyl (C=O) groups is 1. The van der Waals surface area contributed by atoms with Gasteiger partial charge in [-0.3, -0.25) is 25.0 Å². The fourth-order valence-corrected chi connectivity index (χ4v) is 2.76. The molecule has 1 unspecified atom stereocenters. The van der Waals surface area contributed by atoms with Gasteiger partial charge in [0.05, 0.1) is 11.1 Å². The van der Waals surface area contributed by atoms with Crippen LogP contribution in [0.4, 0.5) is 0 Å². The summed E-state index contributed by atoms with van der Waals surface area (Å²) in [6.07, 6.45) is 0.0186. The second-order valence-electron chi connectivity index (χ2n) is 5.51. The van der Waals surface area contributed by atoms with Crippen molar-refractivity contribution in [3.8, 4) is 0 Å². The molecule has 0 fully saturated rings. The average Bonchev–Trinajstić information content (AvgIpc) is 2.27. The van der Waals surface area contributed by atoms with E-state index in [2.05, 4.69) is 0 Å². The van der Waals surface area contributed by atoms with Crippen molar-refractivity contribution in [2.24, 2.45) is 11.3 Å². The number of hydrogen-bond donors (Lipinski definition) is 2. The lowest BCUT2D eigenvalue weighted by Crippen LogP contribution is -2.67. The number of aldehydes is 1. The lowest BCUT2D eigenvalue weighted by Gasteiger charge is -2.48. The highest BCUT2D eigenvalue weighted by atomic mass is 16.7. The first-order valence-electron chi connectivity index (χ1n) is 5.80. The van der Waals surface area contributed by atoms with Gasteiger partial charge >= 0.3 is 5.66 Å². The van der Waals surface area contributed by atoms with Crippen LogP contribution in [-0.2, 0) is 4.79 Å². The van der Waals surface area contributed by atoms with E-state index in [1.165, 1.54) is 20.8 Å². The maximum absolute atomic E-state index is 11.3.